The number of fused-ring (bicyclic) bond motifs is 1. The van der Waals surface area contributed by atoms with Crippen LogP contribution in [-0.2, 0) is 9.59 Å². The lowest BCUT2D eigenvalue weighted by molar-refractivity contribution is -0.139. The van der Waals surface area contributed by atoms with Crippen LogP contribution in [0.3, 0.4) is 0 Å². The minimum Gasteiger partial charge on any atom is -0.480 e. The zero-order valence-electron chi connectivity index (χ0n) is 9.26. The number of amides is 3. The van der Waals surface area contributed by atoms with Crippen molar-refractivity contribution in [1.82, 2.24) is 10.2 Å². The zero-order chi connectivity index (χ0) is 12.6. The zero-order valence-corrected chi connectivity index (χ0v) is 9.26. The van der Waals surface area contributed by atoms with Gasteiger partial charge in [0.05, 0.1) is 5.92 Å². The topological polar surface area (TPSA) is 113 Å². The van der Waals surface area contributed by atoms with Gasteiger partial charge in [-0.2, -0.15) is 0 Å². The Morgan fingerprint density at radius 1 is 1.53 bits per heavy atom. The number of nitrogens with zero attached hydrogens (tertiary/aromatic N) is 1. The predicted octanol–water partition coefficient (Wildman–Crippen LogP) is -0.881. The first kappa shape index (κ1) is 11.8. The molecule has 3 amide bonds. The minimum atomic E-state index is -1.15. The lowest BCUT2D eigenvalue weighted by atomic mass is 9.98. The van der Waals surface area contributed by atoms with E-state index in [0.29, 0.717) is 0 Å². The molecule has 2 fully saturated rings. The fourth-order valence-corrected chi connectivity index (χ4v) is 2.55. The number of aliphatic carboxylic acids is 1. The molecule has 2 unspecified atom stereocenters. The predicted molar refractivity (Wildman–Crippen MR) is 57.0 cm³/mol. The first-order valence-corrected chi connectivity index (χ1v) is 5.60. The van der Waals surface area contributed by atoms with Crippen LogP contribution in [0.15, 0.2) is 0 Å². The molecule has 1 aliphatic heterocycles. The highest BCUT2D eigenvalue weighted by atomic mass is 16.4. The molecule has 0 bridgehead atoms. The van der Waals surface area contributed by atoms with Crippen LogP contribution in [0.25, 0.3) is 0 Å². The number of nitrogens with two attached hydrogens (primary N) is 1. The van der Waals surface area contributed by atoms with Crippen molar-refractivity contribution in [3.63, 3.8) is 0 Å². The van der Waals surface area contributed by atoms with E-state index in [-0.39, 0.29) is 24.4 Å². The van der Waals surface area contributed by atoms with E-state index in [9.17, 15) is 14.4 Å². The maximum absolute atomic E-state index is 11.7. The molecule has 94 valence electrons. The van der Waals surface area contributed by atoms with E-state index in [2.05, 4.69) is 5.32 Å². The molecule has 7 heteroatoms. The van der Waals surface area contributed by atoms with Gasteiger partial charge in [-0.15, -0.1) is 0 Å². The number of carbonyl (C=O) groups is 3. The molecule has 2 aliphatic rings. The fraction of sp³-hybridized carbons (Fsp3) is 0.700. The van der Waals surface area contributed by atoms with Crippen molar-refractivity contribution in [2.45, 2.75) is 31.3 Å². The summed E-state index contributed by atoms with van der Waals surface area (Å²) in [5.74, 6) is -1.62. The number of urea groups is 1. The third-order valence-corrected chi connectivity index (χ3v) is 3.42. The highest BCUT2D eigenvalue weighted by Crippen LogP contribution is 2.32. The van der Waals surface area contributed by atoms with Crippen molar-refractivity contribution >= 4 is 17.9 Å². The van der Waals surface area contributed by atoms with E-state index < -0.39 is 18.0 Å². The number of nitrogens with one attached hydrogen (secondary N) is 1. The SMILES string of the molecule is N[C@@H](CN1C(=O)NC(=O)C2CCCC21)C(=O)O. The molecule has 1 aliphatic carbocycles. The molecule has 4 N–H and O–H groups in total. The summed E-state index contributed by atoms with van der Waals surface area (Å²) in [7, 11) is 0. The van der Waals surface area contributed by atoms with E-state index in [1.54, 1.807) is 0 Å². The van der Waals surface area contributed by atoms with Crippen LogP contribution in [0.4, 0.5) is 4.79 Å². The Kier molecular flexibility index (Phi) is 3.01. The highest BCUT2D eigenvalue weighted by molar-refractivity contribution is 5.99. The molecule has 1 saturated heterocycles. The molecule has 0 aromatic heterocycles. The Morgan fingerprint density at radius 3 is 2.88 bits per heavy atom. The van der Waals surface area contributed by atoms with Gasteiger partial charge >= 0.3 is 12.0 Å². The van der Waals surface area contributed by atoms with E-state index in [4.69, 9.17) is 10.8 Å². The molecule has 0 radical (unpaired) electrons. The smallest absolute Gasteiger partial charge is 0.324 e. The van der Waals surface area contributed by atoms with Crippen LogP contribution in [0.2, 0.25) is 0 Å². The third kappa shape index (κ3) is 2.10. The monoisotopic (exact) mass is 241 g/mol. The molecular weight excluding hydrogens is 226 g/mol. The van der Waals surface area contributed by atoms with E-state index in [1.807, 2.05) is 0 Å². The molecule has 0 aromatic rings. The Morgan fingerprint density at radius 2 is 2.24 bits per heavy atom. The standard InChI is InChI=1S/C10H15N3O4/c11-6(9(15)16)4-13-7-3-1-2-5(7)8(14)12-10(13)17/h5-7H,1-4,11H2,(H,15,16)(H,12,14,17)/t5?,6-,7?/m0/s1. The van der Waals surface area contributed by atoms with Crippen molar-refractivity contribution in [3.05, 3.63) is 0 Å². The Bertz CT molecular complexity index is 371. The van der Waals surface area contributed by atoms with Crippen LogP contribution in [-0.4, -0.2) is 46.5 Å². The van der Waals surface area contributed by atoms with Crippen LogP contribution >= 0.6 is 0 Å². The van der Waals surface area contributed by atoms with Gasteiger partial charge in [-0.3, -0.25) is 14.9 Å². The van der Waals surface area contributed by atoms with Gasteiger partial charge in [-0.1, -0.05) is 6.42 Å². The molecule has 2 rings (SSSR count). The van der Waals surface area contributed by atoms with Crippen LogP contribution in [0.1, 0.15) is 19.3 Å². The molecule has 3 atom stereocenters. The number of carboxylic acid groups (broad SMARTS) is 1. The molecule has 7 nitrogen and oxygen atoms in total. The number of carboxylic acids is 1. The molecule has 1 heterocycles. The highest BCUT2D eigenvalue weighted by Gasteiger charge is 2.44. The average Bonchev–Trinajstić information content (AvgIpc) is 2.72. The van der Waals surface area contributed by atoms with Crippen molar-refractivity contribution < 1.29 is 19.5 Å². The summed E-state index contributed by atoms with van der Waals surface area (Å²) in [6.07, 6.45) is 2.34. The first-order chi connectivity index (χ1) is 8.00. The van der Waals surface area contributed by atoms with Crippen LogP contribution in [0.5, 0.6) is 0 Å². The molecule has 1 saturated carbocycles. The quantitative estimate of drug-likeness (QED) is 0.593. The van der Waals surface area contributed by atoms with Crippen molar-refractivity contribution in [2.24, 2.45) is 11.7 Å². The van der Waals surface area contributed by atoms with E-state index in [0.717, 1.165) is 19.3 Å². The van der Waals surface area contributed by atoms with Crippen LogP contribution < -0.4 is 11.1 Å². The molecule has 0 aromatic carbocycles. The van der Waals surface area contributed by atoms with Crippen molar-refractivity contribution in [1.29, 1.82) is 0 Å². The molecule has 17 heavy (non-hydrogen) atoms. The first-order valence-electron chi connectivity index (χ1n) is 5.60. The largest absolute Gasteiger partial charge is 0.480 e. The lowest BCUT2D eigenvalue weighted by Gasteiger charge is -2.37. The summed E-state index contributed by atoms with van der Waals surface area (Å²) in [6.45, 7) is -0.0599. The second-order valence-electron chi connectivity index (χ2n) is 4.50. The number of hydrogen-bond donors (Lipinski definition) is 3. The number of imide groups is 1. The summed E-state index contributed by atoms with van der Waals surface area (Å²) >= 11 is 0. The van der Waals surface area contributed by atoms with Gasteiger partial charge in [0, 0.05) is 12.6 Å². The van der Waals surface area contributed by atoms with Gasteiger partial charge in [0.1, 0.15) is 6.04 Å². The van der Waals surface area contributed by atoms with Gasteiger partial charge in [-0.25, -0.2) is 4.79 Å². The fourth-order valence-electron chi connectivity index (χ4n) is 2.55. The van der Waals surface area contributed by atoms with Gasteiger partial charge in [0.2, 0.25) is 5.91 Å². The summed E-state index contributed by atoms with van der Waals surface area (Å²) in [4.78, 5) is 35.3. The second-order valence-corrected chi connectivity index (χ2v) is 4.50. The Hall–Kier alpha value is -1.63. The summed E-state index contributed by atoms with van der Waals surface area (Å²) in [5.41, 5.74) is 5.42. The second kappa shape index (κ2) is 4.33. The summed E-state index contributed by atoms with van der Waals surface area (Å²) in [5, 5.41) is 11.0. The van der Waals surface area contributed by atoms with Crippen LogP contribution in [0, 0.1) is 5.92 Å². The van der Waals surface area contributed by atoms with Crippen molar-refractivity contribution in [3.8, 4) is 0 Å². The number of rotatable bonds is 3. The van der Waals surface area contributed by atoms with Gasteiger partial charge in [0.25, 0.3) is 0 Å². The number of carbonyl (C=O) groups excluding carboxylic acids is 2. The molecular formula is C10H15N3O4. The number of hydrogen-bond acceptors (Lipinski definition) is 4. The van der Waals surface area contributed by atoms with Gasteiger partial charge in [0.15, 0.2) is 0 Å². The normalized spacial score (nSPS) is 29.8. The van der Waals surface area contributed by atoms with E-state index >= 15 is 0 Å². The minimum absolute atomic E-state index is 0.0599. The van der Waals surface area contributed by atoms with Crippen molar-refractivity contribution in [2.75, 3.05) is 6.54 Å². The Labute approximate surface area is 97.9 Å². The van der Waals surface area contributed by atoms with Gasteiger partial charge < -0.3 is 15.7 Å². The van der Waals surface area contributed by atoms with E-state index in [1.165, 1.54) is 4.90 Å². The summed E-state index contributed by atoms with van der Waals surface area (Å²) < 4.78 is 0. The third-order valence-electron chi connectivity index (χ3n) is 3.42. The maximum atomic E-state index is 11.7. The average molecular weight is 241 g/mol. The molecule has 0 spiro atoms. The van der Waals surface area contributed by atoms with Gasteiger partial charge in [-0.05, 0) is 12.8 Å². The lowest BCUT2D eigenvalue weighted by Crippen LogP contribution is -2.61. The maximum Gasteiger partial charge on any atom is 0.324 e. The summed E-state index contributed by atoms with van der Waals surface area (Å²) in [6, 6.07) is -1.84. The Balaban J connectivity index is 2.12.